The number of carbonyl (C=O) groups excluding carboxylic acids is 2. The normalized spacial score (nSPS) is 17.7. The van der Waals surface area contributed by atoms with Gasteiger partial charge in [0.15, 0.2) is 0 Å². The van der Waals surface area contributed by atoms with E-state index in [1.165, 1.54) is 11.0 Å². The van der Waals surface area contributed by atoms with E-state index in [9.17, 15) is 9.59 Å². The van der Waals surface area contributed by atoms with Gasteiger partial charge in [0.1, 0.15) is 12.1 Å². The summed E-state index contributed by atoms with van der Waals surface area (Å²) in [6, 6.07) is 8.28. The summed E-state index contributed by atoms with van der Waals surface area (Å²) in [4.78, 5) is 25.7. The third-order valence-corrected chi connectivity index (χ3v) is 4.22. The van der Waals surface area contributed by atoms with Crippen LogP contribution in [0.2, 0.25) is 0 Å². The molecule has 1 aliphatic heterocycles. The zero-order valence-electron chi connectivity index (χ0n) is 11.4. The Morgan fingerprint density at radius 2 is 2.24 bits per heavy atom. The van der Waals surface area contributed by atoms with Gasteiger partial charge >= 0.3 is 0 Å². The van der Waals surface area contributed by atoms with Gasteiger partial charge in [0.2, 0.25) is 11.8 Å². The number of nitrogens with zero attached hydrogens (tertiary/aromatic N) is 2. The molecule has 2 rings (SSSR count). The van der Waals surface area contributed by atoms with Crippen LogP contribution in [0, 0.1) is 11.3 Å². The molecule has 21 heavy (non-hydrogen) atoms. The molecule has 1 N–H and O–H groups in total. The van der Waals surface area contributed by atoms with Crippen LogP contribution in [0.3, 0.4) is 0 Å². The molecule has 0 bridgehead atoms. The second-order valence-corrected chi connectivity index (χ2v) is 5.62. The number of thioether (sulfide) groups is 1. The Morgan fingerprint density at radius 3 is 2.95 bits per heavy atom. The molecule has 1 aromatic rings. The highest BCUT2D eigenvalue weighted by Gasteiger charge is 2.31. The molecule has 2 amide bonds. The van der Waals surface area contributed by atoms with Crippen LogP contribution in [-0.4, -0.2) is 40.8 Å². The van der Waals surface area contributed by atoms with E-state index in [2.05, 4.69) is 11.9 Å². The predicted octanol–water partition coefficient (Wildman–Crippen LogP) is 1.63. The summed E-state index contributed by atoms with van der Waals surface area (Å²) >= 11 is 1.63. The Labute approximate surface area is 127 Å². The maximum Gasteiger partial charge on any atom is 0.248 e. The number of para-hydroxylation sites is 1. The number of hydrogen-bond donors (Lipinski definition) is 1. The first kappa shape index (κ1) is 15.1. The Bertz CT molecular complexity index is 609. The molecule has 0 aliphatic carbocycles. The number of carbonyl (C=O) groups is 2. The lowest BCUT2D eigenvalue weighted by atomic mass is 10.1. The molecule has 0 saturated carbocycles. The molecule has 1 aromatic carbocycles. The molecule has 5 nitrogen and oxygen atoms in total. The Morgan fingerprint density at radius 1 is 1.48 bits per heavy atom. The molecule has 1 aliphatic rings. The van der Waals surface area contributed by atoms with E-state index in [-0.39, 0.29) is 11.8 Å². The quantitative estimate of drug-likeness (QED) is 0.861. The SMILES string of the molecule is C=CC(=O)N1CCSCC1C(=O)Nc1ccccc1C#N. The summed E-state index contributed by atoms with van der Waals surface area (Å²) in [5, 5.41) is 11.8. The third kappa shape index (κ3) is 3.44. The molecule has 0 radical (unpaired) electrons. The van der Waals surface area contributed by atoms with Gasteiger partial charge in [-0.25, -0.2) is 0 Å². The van der Waals surface area contributed by atoms with Crippen molar-refractivity contribution in [1.29, 1.82) is 5.26 Å². The first-order valence-electron chi connectivity index (χ1n) is 6.48. The number of amides is 2. The maximum atomic E-state index is 12.4. The van der Waals surface area contributed by atoms with Crippen molar-refractivity contribution in [3.8, 4) is 6.07 Å². The van der Waals surface area contributed by atoms with Crippen molar-refractivity contribution in [2.75, 3.05) is 23.4 Å². The molecule has 0 aromatic heterocycles. The van der Waals surface area contributed by atoms with Crippen molar-refractivity contribution in [2.45, 2.75) is 6.04 Å². The number of benzene rings is 1. The number of nitrogens with one attached hydrogen (secondary N) is 1. The Kier molecular flexibility index (Phi) is 5.01. The van der Waals surface area contributed by atoms with Crippen LogP contribution in [0.1, 0.15) is 5.56 Å². The molecular weight excluding hydrogens is 286 g/mol. The summed E-state index contributed by atoms with van der Waals surface area (Å²) in [7, 11) is 0. The fourth-order valence-electron chi connectivity index (χ4n) is 2.11. The van der Waals surface area contributed by atoms with Gasteiger partial charge in [0, 0.05) is 18.1 Å². The fourth-order valence-corrected chi connectivity index (χ4v) is 3.15. The summed E-state index contributed by atoms with van der Waals surface area (Å²) in [6.07, 6.45) is 1.22. The second-order valence-electron chi connectivity index (χ2n) is 4.47. The Hall–Kier alpha value is -2.26. The molecule has 1 unspecified atom stereocenters. The van der Waals surface area contributed by atoms with Gasteiger partial charge in [-0.2, -0.15) is 17.0 Å². The van der Waals surface area contributed by atoms with Crippen LogP contribution in [-0.2, 0) is 9.59 Å². The average molecular weight is 301 g/mol. The van der Waals surface area contributed by atoms with Crippen LogP contribution in [0.4, 0.5) is 5.69 Å². The lowest BCUT2D eigenvalue weighted by molar-refractivity contribution is -0.133. The fraction of sp³-hybridized carbons (Fsp3) is 0.267. The zero-order chi connectivity index (χ0) is 15.2. The Balaban J connectivity index is 2.16. The van der Waals surface area contributed by atoms with E-state index < -0.39 is 6.04 Å². The van der Waals surface area contributed by atoms with E-state index in [0.29, 0.717) is 23.5 Å². The van der Waals surface area contributed by atoms with E-state index in [0.717, 1.165) is 5.75 Å². The van der Waals surface area contributed by atoms with Crippen molar-refractivity contribution < 1.29 is 9.59 Å². The predicted molar refractivity (Wildman–Crippen MR) is 82.8 cm³/mol. The highest BCUT2D eigenvalue weighted by Crippen LogP contribution is 2.20. The van der Waals surface area contributed by atoms with Gasteiger partial charge in [-0.15, -0.1) is 0 Å². The molecule has 6 heteroatoms. The molecule has 1 saturated heterocycles. The van der Waals surface area contributed by atoms with Gasteiger partial charge < -0.3 is 10.2 Å². The highest BCUT2D eigenvalue weighted by molar-refractivity contribution is 7.99. The van der Waals surface area contributed by atoms with E-state index in [1.54, 1.807) is 36.0 Å². The van der Waals surface area contributed by atoms with Gasteiger partial charge in [0.05, 0.1) is 11.3 Å². The average Bonchev–Trinajstić information content (AvgIpc) is 2.54. The number of hydrogen-bond acceptors (Lipinski definition) is 4. The van der Waals surface area contributed by atoms with Crippen LogP contribution in [0.25, 0.3) is 0 Å². The minimum absolute atomic E-state index is 0.246. The van der Waals surface area contributed by atoms with Crippen LogP contribution in [0.5, 0.6) is 0 Å². The van der Waals surface area contributed by atoms with E-state index >= 15 is 0 Å². The first-order chi connectivity index (χ1) is 10.2. The summed E-state index contributed by atoms with van der Waals surface area (Å²) in [5.74, 6) is 0.822. The standard InChI is InChI=1S/C15H15N3O2S/c1-2-14(19)18-7-8-21-10-13(18)15(20)17-12-6-4-3-5-11(12)9-16/h2-6,13H,1,7-8,10H2,(H,17,20). The summed E-state index contributed by atoms with van der Waals surface area (Å²) in [6.45, 7) is 3.99. The smallest absolute Gasteiger partial charge is 0.248 e. The number of anilines is 1. The van der Waals surface area contributed by atoms with Crippen molar-refractivity contribution in [3.63, 3.8) is 0 Å². The van der Waals surface area contributed by atoms with Crippen LogP contribution < -0.4 is 5.32 Å². The minimum atomic E-state index is -0.541. The molecule has 1 heterocycles. The highest BCUT2D eigenvalue weighted by atomic mass is 32.2. The van der Waals surface area contributed by atoms with Crippen LogP contribution in [0.15, 0.2) is 36.9 Å². The van der Waals surface area contributed by atoms with Gasteiger partial charge in [-0.05, 0) is 18.2 Å². The zero-order valence-corrected chi connectivity index (χ0v) is 12.2. The maximum absolute atomic E-state index is 12.4. The molecule has 1 atom stereocenters. The monoisotopic (exact) mass is 301 g/mol. The van der Waals surface area contributed by atoms with Crippen molar-refractivity contribution in [1.82, 2.24) is 4.90 Å². The van der Waals surface area contributed by atoms with Gasteiger partial charge in [0.25, 0.3) is 0 Å². The summed E-state index contributed by atoms with van der Waals surface area (Å²) < 4.78 is 0. The summed E-state index contributed by atoms with van der Waals surface area (Å²) in [5.41, 5.74) is 0.863. The van der Waals surface area contributed by atoms with Crippen molar-refractivity contribution >= 4 is 29.3 Å². The third-order valence-electron chi connectivity index (χ3n) is 3.19. The molecule has 1 fully saturated rings. The molecule has 0 spiro atoms. The van der Waals surface area contributed by atoms with Crippen molar-refractivity contribution in [2.24, 2.45) is 0 Å². The lowest BCUT2D eigenvalue weighted by Crippen LogP contribution is -2.51. The molecular formula is C15H15N3O2S. The second kappa shape index (κ2) is 6.95. The first-order valence-corrected chi connectivity index (χ1v) is 7.63. The van der Waals surface area contributed by atoms with Gasteiger partial charge in [-0.1, -0.05) is 18.7 Å². The van der Waals surface area contributed by atoms with Crippen molar-refractivity contribution in [3.05, 3.63) is 42.5 Å². The largest absolute Gasteiger partial charge is 0.325 e. The van der Waals surface area contributed by atoms with E-state index in [4.69, 9.17) is 5.26 Å². The lowest BCUT2D eigenvalue weighted by Gasteiger charge is -2.33. The van der Waals surface area contributed by atoms with E-state index in [1.807, 2.05) is 6.07 Å². The topological polar surface area (TPSA) is 73.2 Å². The number of nitriles is 1. The molecule has 108 valence electrons. The number of rotatable bonds is 3. The minimum Gasteiger partial charge on any atom is -0.325 e. The van der Waals surface area contributed by atoms with Gasteiger partial charge in [-0.3, -0.25) is 9.59 Å². The van der Waals surface area contributed by atoms with Crippen LogP contribution >= 0.6 is 11.8 Å².